The van der Waals surface area contributed by atoms with Crippen molar-refractivity contribution in [1.29, 1.82) is 0 Å². The number of rotatable bonds is 10. The first kappa shape index (κ1) is 18.3. The maximum Gasteiger partial charge on any atom is 0.330 e. The van der Waals surface area contributed by atoms with Crippen molar-refractivity contribution < 1.29 is 19.0 Å². The van der Waals surface area contributed by atoms with Crippen molar-refractivity contribution >= 4 is 15.5 Å². The van der Waals surface area contributed by atoms with Crippen LogP contribution in [-0.4, -0.2) is 40.2 Å². The van der Waals surface area contributed by atoms with Gasteiger partial charge in [0.2, 0.25) is 0 Å². The molecule has 0 aliphatic heterocycles. The smallest absolute Gasteiger partial charge is 0.330 e. The van der Waals surface area contributed by atoms with Crippen LogP contribution < -0.4 is 0 Å². The second kappa shape index (κ2) is 11.2. The van der Waals surface area contributed by atoms with Gasteiger partial charge >= 0.3 is 5.97 Å². The van der Waals surface area contributed by atoms with Gasteiger partial charge < -0.3 is 14.2 Å². The monoisotopic (exact) mass is 288 g/mol. The lowest BCUT2D eigenvalue weighted by atomic mass is 10.5. The maximum absolute atomic E-state index is 11.1. The summed E-state index contributed by atoms with van der Waals surface area (Å²) in [6.45, 7) is 10.3. The fourth-order valence-corrected chi connectivity index (χ4v) is 3.41. The van der Waals surface area contributed by atoms with Gasteiger partial charge in [-0.2, -0.15) is 0 Å². The molecule has 0 radical (unpaired) electrons. The largest absolute Gasteiger partial charge is 0.463 e. The Morgan fingerprint density at radius 2 is 1.74 bits per heavy atom. The zero-order chi connectivity index (χ0) is 14.7. The third-order valence-electron chi connectivity index (χ3n) is 2.23. The highest BCUT2D eigenvalue weighted by atomic mass is 28.2. The van der Waals surface area contributed by atoms with Gasteiger partial charge in [-0.1, -0.05) is 12.1 Å². The molecule has 0 amide bonds. The molecule has 0 atom stereocenters. The van der Waals surface area contributed by atoms with Crippen LogP contribution in [0.15, 0.2) is 12.2 Å². The van der Waals surface area contributed by atoms with E-state index in [2.05, 4.69) is 0 Å². The molecule has 0 aliphatic carbocycles. The summed E-state index contributed by atoms with van der Waals surface area (Å²) < 4.78 is 16.5. The van der Waals surface area contributed by atoms with E-state index < -0.39 is 9.52 Å². The normalized spacial score (nSPS) is 12.6. The molecule has 0 unspecified atom stereocenters. The van der Waals surface area contributed by atoms with E-state index in [0.29, 0.717) is 6.61 Å². The van der Waals surface area contributed by atoms with Gasteiger partial charge in [-0.25, -0.2) is 4.79 Å². The van der Waals surface area contributed by atoms with Crippen molar-refractivity contribution in [2.45, 2.75) is 65.2 Å². The standard InChI is InChI=1S/C14H28O4Si/c1-6-8-13(15)16-9-7-10-19-14(17-11(2)3)18-12(4)5/h6,8,11-12,14H,7,9-10,19H2,1-5H3. The predicted molar refractivity (Wildman–Crippen MR) is 80.0 cm³/mol. The van der Waals surface area contributed by atoms with Crippen molar-refractivity contribution in [2.75, 3.05) is 6.61 Å². The van der Waals surface area contributed by atoms with Crippen molar-refractivity contribution in [1.82, 2.24) is 0 Å². The molecule has 0 heterocycles. The summed E-state index contributed by atoms with van der Waals surface area (Å²) in [5.41, 5.74) is 0. The van der Waals surface area contributed by atoms with Gasteiger partial charge in [-0.15, -0.1) is 0 Å². The van der Waals surface area contributed by atoms with Crippen LogP contribution in [0.25, 0.3) is 0 Å². The minimum atomic E-state index is -0.470. The maximum atomic E-state index is 11.1. The van der Waals surface area contributed by atoms with Crippen LogP contribution in [0, 0.1) is 0 Å². The molecule has 0 saturated heterocycles. The van der Waals surface area contributed by atoms with Gasteiger partial charge in [-0.05, 0) is 41.0 Å². The van der Waals surface area contributed by atoms with Crippen LogP contribution in [0.1, 0.15) is 41.0 Å². The number of carbonyl (C=O) groups excluding carboxylic acids is 1. The first-order valence-electron chi connectivity index (χ1n) is 7.06. The van der Waals surface area contributed by atoms with Gasteiger partial charge in [0.1, 0.15) is 5.91 Å². The third-order valence-corrected chi connectivity index (χ3v) is 3.99. The number of hydrogen-bond donors (Lipinski definition) is 0. The molecule has 0 spiro atoms. The van der Waals surface area contributed by atoms with Crippen LogP contribution in [0.4, 0.5) is 0 Å². The molecule has 5 heteroatoms. The highest BCUT2D eigenvalue weighted by molar-refractivity contribution is 6.36. The van der Waals surface area contributed by atoms with E-state index in [1.165, 1.54) is 6.08 Å². The van der Waals surface area contributed by atoms with Crippen molar-refractivity contribution in [3.63, 3.8) is 0 Å². The van der Waals surface area contributed by atoms with E-state index in [0.717, 1.165) is 12.5 Å². The molecule has 0 N–H and O–H groups in total. The van der Waals surface area contributed by atoms with E-state index in [1.807, 2.05) is 27.7 Å². The Morgan fingerprint density at radius 1 is 1.16 bits per heavy atom. The van der Waals surface area contributed by atoms with Gasteiger partial charge in [0, 0.05) is 6.08 Å². The van der Waals surface area contributed by atoms with E-state index in [9.17, 15) is 4.79 Å². The van der Waals surface area contributed by atoms with E-state index in [4.69, 9.17) is 14.2 Å². The molecule has 0 aliphatic rings. The Balaban J connectivity index is 3.76. The number of ether oxygens (including phenoxy) is 3. The zero-order valence-corrected chi connectivity index (χ0v) is 14.3. The summed E-state index contributed by atoms with van der Waals surface area (Å²) in [6, 6.07) is 1.05. The topological polar surface area (TPSA) is 44.8 Å². The Hall–Kier alpha value is -0.653. The van der Waals surface area contributed by atoms with Gasteiger partial charge in [0.15, 0.2) is 0 Å². The quantitative estimate of drug-likeness (QED) is 0.203. The Bertz CT molecular complexity index is 254. The minimum absolute atomic E-state index is 0.0359. The second-order valence-electron chi connectivity index (χ2n) is 4.96. The molecular formula is C14H28O4Si. The lowest BCUT2D eigenvalue weighted by Crippen LogP contribution is -2.30. The molecule has 19 heavy (non-hydrogen) atoms. The molecule has 0 aromatic carbocycles. The summed E-state index contributed by atoms with van der Waals surface area (Å²) in [5, 5.41) is 0. The number of esters is 1. The van der Waals surface area contributed by atoms with Crippen LogP contribution in [-0.2, 0) is 19.0 Å². The molecule has 0 rings (SSSR count). The molecule has 0 bridgehead atoms. The van der Waals surface area contributed by atoms with Crippen LogP contribution in [0.3, 0.4) is 0 Å². The van der Waals surface area contributed by atoms with Crippen LogP contribution in [0.2, 0.25) is 6.04 Å². The fraction of sp³-hybridized carbons (Fsp3) is 0.786. The molecule has 0 saturated carbocycles. The first-order chi connectivity index (χ1) is 8.95. The van der Waals surface area contributed by atoms with E-state index in [1.54, 1.807) is 13.0 Å². The summed E-state index contributed by atoms with van der Waals surface area (Å²) in [4.78, 5) is 11.1. The van der Waals surface area contributed by atoms with Crippen molar-refractivity contribution in [3.05, 3.63) is 12.2 Å². The summed E-state index contributed by atoms with van der Waals surface area (Å²) in [6.07, 6.45) is 4.37. The highest BCUT2D eigenvalue weighted by Crippen LogP contribution is 2.06. The molecule has 0 aromatic heterocycles. The van der Waals surface area contributed by atoms with Crippen LogP contribution in [0.5, 0.6) is 0 Å². The molecular weight excluding hydrogens is 260 g/mol. The highest BCUT2D eigenvalue weighted by Gasteiger charge is 2.13. The Kier molecular flexibility index (Phi) is 10.8. The van der Waals surface area contributed by atoms with Gasteiger partial charge in [0.25, 0.3) is 0 Å². The predicted octanol–water partition coefficient (Wildman–Crippen LogP) is 2.22. The number of carbonyl (C=O) groups is 1. The lowest BCUT2D eigenvalue weighted by molar-refractivity contribution is -0.137. The Morgan fingerprint density at radius 3 is 2.21 bits per heavy atom. The molecule has 0 fully saturated rings. The van der Waals surface area contributed by atoms with Gasteiger partial charge in [-0.3, -0.25) is 0 Å². The van der Waals surface area contributed by atoms with E-state index >= 15 is 0 Å². The zero-order valence-electron chi connectivity index (χ0n) is 12.8. The molecule has 0 aromatic rings. The second-order valence-corrected chi connectivity index (χ2v) is 6.91. The fourth-order valence-electron chi connectivity index (χ4n) is 1.55. The van der Waals surface area contributed by atoms with E-state index in [-0.39, 0.29) is 24.1 Å². The average molecular weight is 288 g/mol. The SMILES string of the molecule is CC=CC(=O)OCCC[SiH2]C(OC(C)C)OC(C)C. The first-order valence-corrected chi connectivity index (χ1v) is 8.87. The molecule has 112 valence electrons. The summed E-state index contributed by atoms with van der Waals surface area (Å²) >= 11 is 0. The van der Waals surface area contributed by atoms with Crippen molar-refractivity contribution in [2.24, 2.45) is 0 Å². The average Bonchev–Trinajstić information content (AvgIpc) is 2.27. The van der Waals surface area contributed by atoms with Gasteiger partial charge in [0.05, 0.1) is 28.3 Å². The third kappa shape index (κ3) is 12.1. The minimum Gasteiger partial charge on any atom is -0.463 e. The summed E-state index contributed by atoms with van der Waals surface area (Å²) in [7, 11) is -0.470. The summed E-state index contributed by atoms with van der Waals surface area (Å²) in [5.74, 6) is -0.302. The molecule has 4 nitrogen and oxygen atoms in total. The lowest BCUT2D eigenvalue weighted by Gasteiger charge is -2.22. The number of allylic oxidation sites excluding steroid dienone is 1. The van der Waals surface area contributed by atoms with Crippen LogP contribution >= 0.6 is 0 Å². The Labute approximate surface area is 119 Å². The number of hydrogen-bond acceptors (Lipinski definition) is 4. The van der Waals surface area contributed by atoms with Crippen molar-refractivity contribution in [3.8, 4) is 0 Å².